The summed E-state index contributed by atoms with van der Waals surface area (Å²) < 4.78 is 16.5. The molecule has 5 nitrogen and oxygen atoms in total. The average molecular weight is 327 g/mol. The van der Waals surface area contributed by atoms with Crippen LogP contribution in [0, 0.1) is 0 Å². The van der Waals surface area contributed by atoms with Crippen molar-refractivity contribution in [3.8, 4) is 11.5 Å². The summed E-state index contributed by atoms with van der Waals surface area (Å²) in [6.07, 6.45) is 0.276. The minimum Gasteiger partial charge on any atom is -0.449 e. The first-order chi connectivity index (χ1) is 11.5. The first-order valence-corrected chi connectivity index (χ1v) is 7.97. The van der Waals surface area contributed by atoms with Gasteiger partial charge in [-0.1, -0.05) is 36.4 Å². The molecule has 0 unspecified atom stereocenters. The van der Waals surface area contributed by atoms with Gasteiger partial charge < -0.3 is 19.5 Å². The van der Waals surface area contributed by atoms with Gasteiger partial charge in [0.2, 0.25) is 5.79 Å². The van der Waals surface area contributed by atoms with Crippen molar-refractivity contribution in [3.05, 3.63) is 59.7 Å². The quantitative estimate of drug-likeness (QED) is 0.910. The molecule has 3 rings (SSSR count). The monoisotopic (exact) mass is 327 g/mol. The second kappa shape index (κ2) is 6.83. The van der Waals surface area contributed by atoms with Gasteiger partial charge in [0.15, 0.2) is 11.5 Å². The molecule has 0 spiro atoms. The van der Waals surface area contributed by atoms with Gasteiger partial charge in [0.1, 0.15) is 6.61 Å². The van der Waals surface area contributed by atoms with E-state index in [-0.39, 0.29) is 6.61 Å². The van der Waals surface area contributed by atoms with Crippen LogP contribution >= 0.6 is 0 Å². The molecule has 0 atom stereocenters. The molecule has 2 aromatic rings. The van der Waals surface area contributed by atoms with Gasteiger partial charge in [0.05, 0.1) is 0 Å². The van der Waals surface area contributed by atoms with Crippen molar-refractivity contribution in [1.29, 1.82) is 0 Å². The highest BCUT2D eigenvalue weighted by Gasteiger charge is 2.31. The topological polar surface area (TPSA) is 56.8 Å². The van der Waals surface area contributed by atoms with E-state index in [1.807, 2.05) is 62.4 Å². The van der Waals surface area contributed by atoms with E-state index in [2.05, 4.69) is 5.32 Å². The van der Waals surface area contributed by atoms with Gasteiger partial charge in [-0.15, -0.1) is 0 Å². The molecule has 0 saturated carbocycles. The lowest BCUT2D eigenvalue weighted by molar-refractivity contribution is -0.0431. The number of nitrogens with one attached hydrogen (secondary N) is 1. The van der Waals surface area contributed by atoms with Crippen molar-refractivity contribution in [2.24, 2.45) is 0 Å². The van der Waals surface area contributed by atoms with E-state index in [0.29, 0.717) is 13.0 Å². The molecule has 0 bridgehead atoms. The normalized spacial score (nSPS) is 14.2. The lowest BCUT2D eigenvalue weighted by Crippen LogP contribution is -2.29. The van der Waals surface area contributed by atoms with Crippen molar-refractivity contribution in [1.82, 2.24) is 5.32 Å². The molecule has 1 aliphatic heterocycles. The largest absolute Gasteiger partial charge is 0.449 e. The van der Waals surface area contributed by atoms with Gasteiger partial charge in [0.25, 0.3) is 0 Å². The fraction of sp³-hybridized carbons (Fsp3) is 0.316. The zero-order valence-electron chi connectivity index (χ0n) is 13.9. The Morgan fingerprint density at radius 1 is 1.04 bits per heavy atom. The second-order valence-corrected chi connectivity index (χ2v) is 6.12. The molecule has 2 aromatic carbocycles. The highest BCUT2D eigenvalue weighted by atomic mass is 16.7. The number of alkyl carbamates (subject to hydrolysis) is 1. The van der Waals surface area contributed by atoms with Crippen molar-refractivity contribution < 1.29 is 19.0 Å². The van der Waals surface area contributed by atoms with Crippen LogP contribution in [0.4, 0.5) is 4.79 Å². The third kappa shape index (κ3) is 4.19. The Morgan fingerprint density at radius 3 is 2.58 bits per heavy atom. The van der Waals surface area contributed by atoms with E-state index >= 15 is 0 Å². The molecule has 0 fully saturated rings. The summed E-state index contributed by atoms with van der Waals surface area (Å²) in [6.45, 7) is 4.51. The molecular weight excluding hydrogens is 306 g/mol. The molecule has 0 radical (unpaired) electrons. The highest BCUT2D eigenvalue weighted by molar-refractivity contribution is 5.67. The summed E-state index contributed by atoms with van der Waals surface area (Å²) in [6, 6.07) is 15.4. The Balaban J connectivity index is 1.43. The number of amides is 1. The Labute approximate surface area is 141 Å². The summed E-state index contributed by atoms with van der Waals surface area (Å²) in [5.74, 6) is 0.864. The molecular formula is C19H21NO4. The van der Waals surface area contributed by atoms with Gasteiger partial charge in [-0.2, -0.15) is 0 Å². The lowest BCUT2D eigenvalue weighted by Gasteiger charge is -2.16. The van der Waals surface area contributed by atoms with Crippen LogP contribution in [-0.4, -0.2) is 18.4 Å². The minimum absolute atomic E-state index is 0.270. The highest BCUT2D eigenvalue weighted by Crippen LogP contribution is 2.39. The maximum atomic E-state index is 11.7. The average Bonchev–Trinajstić information content (AvgIpc) is 2.87. The van der Waals surface area contributed by atoms with E-state index < -0.39 is 11.9 Å². The van der Waals surface area contributed by atoms with Crippen molar-refractivity contribution in [3.63, 3.8) is 0 Å². The standard InChI is InChI=1S/C19H21NO4/c1-19(2)23-16-9-8-14(12-17(16)24-19)10-11-20-18(21)22-13-15-6-4-3-5-7-15/h3-9,12H,10-11,13H2,1-2H3,(H,20,21). The van der Waals surface area contributed by atoms with Crippen LogP contribution in [0.1, 0.15) is 25.0 Å². The third-order valence-electron chi connectivity index (χ3n) is 3.62. The first-order valence-electron chi connectivity index (χ1n) is 7.97. The third-order valence-corrected chi connectivity index (χ3v) is 3.62. The smallest absolute Gasteiger partial charge is 0.407 e. The van der Waals surface area contributed by atoms with E-state index in [4.69, 9.17) is 14.2 Å². The minimum atomic E-state index is -0.625. The van der Waals surface area contributed by atoms with Gasteiger partial charge in [0, 0.05) is 20.4 Å². The van der Waals surface area contributed by atoms with Gasteiger partial charge >= 0.3 is 6.09 Å². The number of carbonyl (C=O) groups excluding carboxylic acids is 1. The molecule has 1 heterocycles. The zero-order valence-corrected chi connectivity index (χ0v) is 13.9. The van der Waals surface area contributed by atoms with E-state index in [9.17, 15) is 4.79 Å². The summed E-state index contributed by atoms with van der Waals surface area (Å²) in [4.78, 5) is 11.7. The summed E-state index contributed by atoms with van der Waals surface area (Å²) in [5.41, 5.74) is 2.03. The predicted octanol–water partition coefficient (Wildman–Crippen LogP) is 3.66. The first kappa shape index (κ1) is 16.2. The molecule has 0 saturated heterocycles. The molecule has 126 valence electrons. The Kier molecular flexibility index (Phi) is 4.60. The Bertz CT molecular complexity index is 713. The number of fused-ring (bicyclic) bond motifs is 1. The maximum absolute atomic E-state index is 11.7. The predicted molar refractivity (Wildman–Crippen MR) is 90.1 cm³/mol. The lowest BCUT2D eigenvalue weighted by atomic mass is 10.1. The summed E-state index contributed by atoms with van der Waals surface area (Å²) >= 11 is 0. The van der Waals surface area contributed by atoms with Crippen LogP contribution < -0.4 is 14.8 Å². The summed E-state index contributed by atoms with van der Waals surface area (Å²) in [5, 5.41) is 2.75. The van der Waals surface area contributed by atoms with Crippen molar-refractivity contribution in [2.75, 3.05) is 6.54 Å². The fourth-order valence-corrected chi connectivity index (χ4v) is 2.51. The van der Waals surface area contributed by atoms with Crippen molar-refractivity contribution >= 4 is 6.09 Å². The number of benzene rings is 2. The van der Waals surface area contributed by atoms with E-state index in [1.54, 1.807) is 0 Å². The molecule has 0 aromatic heterocycles. The SMILES string of the molecule is CC1(C)Oc2ccc(CCNC(=O)OCc3ccccc3)cc2O1. The maximum Gasteiger partial charge on any atom is 0.407 e. The van der Waals surface area contributed by atoms with Crippen LogP contribution in [0.2, 0.25) is 0 Å². The van der Waals surface area contributed by atoms with Gasteiger partial charge in [-0.05, 0) is 29.7 Å². The molecule has 24 heavy (non-hydrogen) atoms. The van der Waals surface area contributed by atoms with Crippen LogP contribution in [0.5, 0.6) is 11.5 Å². The number of hydrogen-bond donors (Lipinski definition) is 1. The van der Waals surface area contributed by atoms with Crippen LogP contribution in [0.3, 0.4) is 0 Å². The summed E-state index contributed by atoms with van der Waals surface area (Å²) in [7, 11) is 0. The number of carbonyl (C=O) groups is 1. The van der Waals surface area contributed by atoms with Crippen LogP contribution in [-0.2, 0) is 17.8 Å². The molecule has 5 heteroatoms. The number of ether oxygens (including phenoxy) is 3. The number of rotatable bonds is 5. The van der Waals surface area contributed by atoms with Gasteiger partial charge in [-0.25, -0.2) is 4.79 Å². The second-order valence-electron chi connectivity index (χ2n) is 6.12. The fourth-order valence-electron chi connectivity index (χ4n) is 2.51. The Morgan fingerprint density at radius 2 is 1.79 bits per heavy atom. The zero-order chi connectivity index (χ0) is 17.0. The van der Waals surface area contributed by atoms with Crippen LogP contribution in [0.15, 0.2) is 48.5 Å². The van der Waals surface area contributed by atoms with E-state index in [0.717, 1.165) is 22.6 Å². The molecule has 1 amide bonds. The van der Waals surface area contributed by atoms with Gasteiger partial charge in [-0.3, -0.25) is 0 Å². The van der Waals surface area contributed by atoms with E-state index in [1.165, 1.54) is 0 Å². The molecule has 1 aliphatic rings. The molecule has 0 aliphatic carbocycles. The Hall–Kier alpha value is -2.69. The van der Waals surface area contributed by atoms with Crippen LogP contribution in [0.25, 0.3) is 0 Å². The molecule has 1 N–H and O–H groups in total. The van der Waals surface area contributed by atoms with Crippen molar-refractivity contribution in [2.45, 2.75) is 32.7 Å². The number of hydrogen-bond acceptors (Lipinski definition) is 4.